The summed E-state index contributed by atoms with van der Waals surface area (Å²) in [7, 11) is 0. The lowest BCUT2D eigenvalue weighted by atomic mass is 10.2. The number of aldehydes is 1. The molecular formula is C17H17ClFN3O4. The van der Waals surface area contributed by atoms with Crippen LogP contribution in [0.1, 0.15) is 36.7 Å². The molecule has 1 amide bonds. The molecule has 0 atom stereocenters. The summed E-state index contributed by atoms with van der Waals surface area (Å²) in [5.41, 5.74) is -0.604. The van der Waals surface area contributed by atoms with Crippen molar-refractivity contribution in [2.24, 2.45) is 0 Å². The molecule has 0 bridgehead atoms. The number of ether oxygens (including phenoxy) is 1. The van der Waals surface area contributed by atoms with E-state index in [9.17, 15) is 19.1 Å². The summed E-state index contributed by atoms with van der Waals surface area (Å²) < 4.78 is 18.8. The van der Waals surface area contributed by atoms with E-state index < -0.39 is 23.4 Å². The highest BCUT2D eigenvalue weighted by Crippen LogP contribution is 2.25. The smallest absolute Gasteiger partial charge is 0.416 e. The van der Waals surface area contributed by atoms with Crippen molar-refractivity contribution in [2.75, 3.05) is 4.90 Å². The summed E-state index contributed by atoms with van der Waals surface area (Å²) in [6.07, 6.45) is 0.591. The van der Waals surface area contributed by atoms with Crippen LogP contribution in [0.3, 0.4) is 0 Å². The maximum atomic E-state index is 13.5. The number of anilines is 1. The minimum Gasteiger partial charge on any atom is -0.493 e. The first kappa shape index (κ1) is 19.6. The van der Waals surface area contributed by atoms with Gasteiger partial charge in [-0.2, -0.15) is 0 Å². The average Bonchev–Trinajstić information content (AvgIpc) is 2.53. The second-order valence-electron chi connectivity index (χ2n) is 6.37. The van der Waals surface area contributed by atoms with E-state index in [1.54, 1.807) is 20.8 Å². The van der Waals surface area contributed by atoms with Gasteiger partial charge in [-0.1, -0.05) is 11.6 Å². The van der Waals surface area contributed by atoms with E-state index in [4.69, 9.17) is 16.3 Å². The molecule has 1 N–H and O–H groups in total. The predicted molar refractivity (Wildman–Crippen MR) is 92.9 cm³/mol. The number of aromatic nitrogens is 2. The lowest BCUT2D eigenvalue weighted by Crippen LogP contribution is -2.37. The number of carbonyl (C=O) groups excluding carboxylic acids is 2. The van der Waals surface area contributed by atoms with Gasteiger partial charge in [-0.15, -0.1) is 0 Å². The molecule has 0 aliphatic carbocycles. The zero-order valence-corrected chi connectivity index (χ0v) is 15.1. The van der Waals surface area contributed by atoms with Crippen molar-refractivity contribution >= 4 is 29.8 Å². The lowest BCUT2D eigenvalue weighted by molar-refractivity contribution is 0.0576. The highest BCUT2D eigenvalue weighted by molar-refractivity contribution is 6.31. The molecule has 2 rings (SSSR count). The Kier molecular flexibility index (Phi) is 5.76. The molecule has 0 unspecified atom stereocenters. The lowest BCUT2D eigenvalue weighted by Gasteiger charge is -2.27. The fourth-order valence-corrected chi connectivity index (χ4v) is 2.18. The maximum absolute atomic E-state index is 13.5. The third kappa shape index (κ3) is 4.89. The van der Waals surface area contributed by atoms with Gasteiger partial charge in [0.05, 0.1) is 18.3 Å². The van der Waals surface area contributed by atoms with Crippen LogP contribution in [-0.2, 0) is 11.3 Å². The second-order valence-corrected chi connectivity index (χ2v) is 6.73. The van der Waals surface area contributed by atoms with Crippen LogP contribution >= 0.6 is 11.6 Å². The minimum atomic E-state index is -0.801. The number of hydrogen-bond donors (Lipinski definition) is 1. The number of amides is 1. The number of nitrogens with zero attached hydrogens (tertiary/aromatic N) is 3. The van der Waals surface area contributed by atoms with Gasteiger partial charge in [0, 0.05) is 5.56 Å². The zero-order chi connectivity index (χ0) is 19.5. The van der Waals surface area contributed by atoms with Crippen LogP contribution in [-0.4, -0.2) is 33.1 Å². The molecule has 0 spiro atoms. The summed E-state index contributed by atoms with van der Waals surface area (Å²) in [5, 5.41) is 9.73. The number of aromatic hydroxyl groups is 1. The highest BCUT2D eigenvalue weighted by Gasteiger charge is 2.26. The standard InChI is InChI=1S/C17H17ClFN3O4/c1-17(2,3)26-16(25)22(8-11-6-12(19)7-20-15(11)24)13-5-4-10(9-23)14(18)21-13/h4-7,9H,8H2,1-3H3,(H,20,24). The summed E-state index contributed by atoms with van der Waals surface area (Å²) in [5.74, 6) is -1.04. The molecule has 7 nitrogen and oxygen atoms in total. The van der Waals surface area contributed by atoms with Crippen LogP contribution in [0.2, 0.25) is 5.15 Å². The molecule has 2 heterocycles. The number of rotatable bonds is 4. The first-order chi connectivity index (χ1) is 12.1. The van der Waals surface area contributed by atoms with Crippen LogP contribution in [0.5, 0.6) is 5.88 Å². The molecule has 0 saturated heterocycles. The van der Waals surface area contributed by atoms with Gasteiger partial charge in [0.15, 0.2) is 6.29 Å². The monoisotopic (exact) mass is 381 g/mol. The molecule has 2 aromatic rings. The predicted octanol–water partition coefficient (Wildman–Crippen LogP) is 3.73. The minimum absolute atomic E-state index is 0.0493. The van der Waals surface area contributed by atoms with Gasteiger partial charge in [0.25, 0.3) is 0 Å². The van der Waals surface area contributed by atoms with Crippen molar-refractivity contribution in [1.29, 1.82) is 0 Å². The van der Waals surface area contributed by atoms with Gasteiger partial charge < -0.3 is 9.84 Å². The Morgan fingerprint density at radius 3 is 2.69 bits per heavy atom. The fraction of sp³-hybridized carbons (Fsp3) is 0.294. The number of carbonyl (C=O) groups is 2. The maximum Gasteiger partial charge on any atom is 0.416 e. The SMILES string of the molecule is CC(C)(C)OC(=O)N(Cc1cc(F)cnc1O)c1ccc(C=O)c(Cl)n1. The Bertz CT molecular complexity index is 839. The molecule has 0 saturated carbocycles. The van der Waals surface area contributed by atoms with Crippen molar-refractivity contribution in [2.45, 2.75) is 32.9 Å². The fourth-order valence-electron chi connectivity index (χ4n) is 1.99. The largest absolute Gasteiger partial charge is 0.493 e. The number of hydrogen-bond acceptors (Lipinski definition) is 6. The van der Waals surface area contributed by atoms with Gasteiger partial charge in [-0.3, -0.25) is 9.69 Å². The van der Waals surface area contributed by atoms with E-state index >= 15 is 0 Å². The van der Waals surface area contributed by atoms with Gasteiger partial charge >= 0.3 is 6.09 Å². The van der Waals surface area contributed by atoms with E-state index in [0.717, 1.165) is 17.2 Å². The van der Waals surface area contributed by atoms with Crippen LogP contribution in [0.15, 0.2) is 24.4 Å². The topological polar surface area (TPSA) is 92.6 Å². The molecule has 0 aromatic carbocycles. The van der Waals surface area contributed by atoms with Crippen molar-refractivity contribution in [3.05, 3.63) is 46.5 Å². The van der Waals surface area contributed by atoms with E-state index in [1.807, 2.05) is 0 Å². The normalized spacial score (nSPS) is 11.1. The van der Waals surface area contributed by atoms with E-state index in [1.165, 1.54) is 12.1 Å². The molecule has 0 aliphatic heterocycles. The Morgan fingerprint density at radius 2 is 2.12 bits per heavy atom. The van der Waals surface area contributed by atoms with Crippen LogP contribution in [0.25, 0.3) is 0 Å². The van der Waals surface area contributed by atoms with Gasteiger partial charge in [-0.25, -0.2) is 19.2 Å². The molecular weight excluding hydrogens is 365 g/mol. The Labute approximate surface area is 154 Å². The van der Waals surface area contributed by atoms with Crippen LogP contribution in [0.4, 0.5) is 15.0 Å². The van der Waals surface area contributed by atoms with Crippen molar-refractivity contribution < 1.29 is 23.8 Å². The molecule has 0 radical (unpaired) electrons. The van der Waals surface area contributed by atoms with Crippen molar-refractivity contribution in [3.63, 3.8) is 0 Å². The highest BCUT2D eigenvalue weighted by atomic mass is 35.5. The van der Waals surface area contributed by atoms with Gasteiger partial charge in [0.1, 0.15) is 22.4 Å². The Morgan fingerprint density at radius 1 is 1.42 bits per heavy atom. The van der Waals surface area contributed by atoms with Crippen LogP contribution < -0.4 is 4.90 Å². The molecule has 0 aliphatic rings. The first-order valence-corrected chi connectivity index (χ1v) is 7.94. The number of halogens is 2. The Balaban J connectivity index is 2.44. The summed E-state index contributed by atoms with van der Waals surface area (Å²) in [6.45, 7) is 4.77. The third-order valence-corrected chi connectivity index (χ3v) is 3.42. The molecule has 9 heteroatoms. The molecule has 0 fully saturated rings. The second kappa shape index (κ2) is 7.65. The first-order valence-electron chi connectivity index (χ1n) is 7.56. The summed E-state index contributed by atoms with van der Waals surface area (Å²) >= 11 is 5.93. The Hall–Kier alpha value is -2.74. The van der Waals surface area contributed by atoms with Gasteiger partial charge in [-0.05, 0) is 39.0 Å². The van der Waals surface area contributed by atoms with Gasteiger partial charge in [0.2, 0.25) is 5.88 Å². The average molecular weight is 382 g/mol. The summed E-state index contributed by atoms with van der Waals surface area (Å²) in [4.78, 5) is 32.0. The van der Waals surface area contributed by atoms with Crippen molar-refractivity contribution in [1.82, 2.24) is 9.97 Å². The van der Waals surface area contributed by atoms with E-state index in [2.05, 4.69) is 9.97 Å². The quantitative estimate of drug-likeness (QED) is 0.640. The van der Waals surface area contributed by atoms with Crippen molar-refractivity contribution in [3.8, 4) is 5.88 Å². The third-order valence-electron chi connectivity index (χ3n) is 3.12. The van der Waals surface area contributed by atoms with E-state index in [-0.39, 0.29) is 28.6 Å². The van der Waals surface area contributed by atoms with Crippen LogP contribution in [0, 0.1) is 5.82 Å². The molecule has 2 aromatic heterocycles. The molecule has 26 heavy (non-hydrogen) atoms. The number of pyridine rings is 2. The molecule has 138 valence electrons. The summed E-state index contributed by atoms with van der Waals surface area (Å²) in [6, 6.07) is 3.82. The van der Waals surface area contributed by atoms with E-state index in [0.29, 0.717) is 6.29 Å². The zero-order valence-electron chi connectivity index (χ0n) is 14.4.